The third-order valence-corrected chi connectivity index (χ3v) is 4.54. The van der Waals surface area contributed by atoms with Crippen LogP contribution in [0, 0.1) is 0 Å². The van der Waals surface area contributed by atoms with Crippen molar-refractivity contribution in [2.24, 2.45) is 0 Å². The van der Waals surface area contributed by atoms with Gasteiger partial charge in [-0.1, -0.05) is 31.2 Å². The number of hydrogen-bond donors (Lipinski definition) is 1. The molecule has 0 saturated heterocycles. The molecule has 3 aromatic rings. The van der Waals surface area contributed by atoms with Gasteiger partial charge in [0.25, 0.3) is 0 Å². The Bertz CT molecular complexity index is 894. The summed E-state index contributed by atoms with van der Waals surface area (Å²) in [5.41, 5.74) is 4.63. The zero-order valence-corrected chi connectivity index (χ0v) is 14.3. The Morgan fingerprint density at radius 1 is 1.08 bits per heavy atom. The summed E-state index contributed by atoms with van der Waals surface area (Å²) in [6, 6.07) is 16.7. The number of methoxy groups -OCH3 is 1. The number of ether oxygens (including phenoxy) is 1. The molecular weight excluding hydrogens is 312 g/mol. The number of rotatable bonds is 4. The molecule has 4 rings (SSSR count). The minimum absolute atomic E-state index is 0.0155. The van der Waals surface area contributed by atoms with E-state index >= 15 is 0 Å². The van der Waals surface area contributed by atoms with Gasteiger partial charge in [0.05, 0.1) is 7.11 Å². The molecule has 0 amide bonds. The maximum Gasteiger partial charge on any atom is 0.226 e. The van der Waals surface area contributed by atoms with Crippen molar-refractivity contribution in [1.29, 1.82) is 0 Å². The van der Waals surface area contributed by atoms with Crippen LogP contribution in [0.15, 0.2) is 60.9 Å². The van der Waals surface area contributed by atoms with Crippen molar-refractivity contribution < 1.29 is 4.74 Å². The Morgan fingerprint density at radius 2 is 1.84 bits per heavy atom. The van der Waals surface area contributed by atoms with Crippen LogP contribution >= 0.6 is 0 Å². The molecule has 1 N–H and O–H groups in total. The molecule has 0 fully saturated rings. The molecule has 5 nitrogen and oxygen atoms in total. The van der Waals surface area contributed by atoms with Crippen molar-refractivity contribution in [3.63, 3.8) is 0 Å². The maximum absolute atomic E-state index is 5.25. The van der Waals surface area contributed by atoms with Gasteiger partial charge in [0.1, 0.15) is 18.1 Å². The highest BCUT2D eigenvalue weighted by molar-refractivity contribution is 5.77. The number of allylic oxidation sites excluding steroid dienone is 1. The van der Waals surface area contributed by atoms with Crippen molar-refractivity contribution in [2.75, 3.05) is 12.4 Å². The molecule has 2 aromatic carbocycles. The minimum Gasteiger partial charge on any atom is -0.497 e. The highest BCUT2D eigenvalue weighted by Gasteiger charge is 2.23. The first-order valence-corrected chi connectivity index (χ1v) is 8.40. The van der Waals surface area contributed by atoms with Gasteiger partial charge in [-0.05, 0) is 53.5 Å². The van der Waals surface area contributed by atoms with Crippen molar-refractivity contribution in [3.8, 4) is 5.75 Å². The number of hydrogen-bond acceptors (Lipinski definition) is 4. The van der Waals surface area contributed by atoms with E-state index in [0.29, 0.717) is 0 Å². The predicted octanol–water partition coefficient (Wildman–Crippen LogP) is 3.91. The Morgan fingerprint density at radius 3 is 2.52 bits per heavy atom. The number of nitrogens with one attached hydrogen (secondary N) is 1. The fourth-order valence-corrected chi connectivity index (χ4v) is 3.06. The molecule has 0 radical (unpaired) electrons. The van der Waals surface area contributed by atoms with Crippen LogP contribution in [-0.4, -0.2) is 21.9 Å². The summed E-state index contributed by atoms with van der Waals surface area (Å²) in [6.45, 7) is 2.16. The second-order valence-corrected chi connectivity index (χ2v) is 6.00. The van der Waals surface area contributed by atoms with Crippen LogP contribution < -0.4 is 10.1 Å². The molecule has 1 aliphatic heterocycles. The summed E-state index contributed by atoms with van der Waals surface area (Å²) in [7, 11) is 1.67. The van der Waals surface area contributed by atoms with Gasteiger partial charge in [-0.25, -0.2) is 4.68 Å². The zero-order chi connectivity index (χ0) is 17.2. The molecule has 5 heteroatoms. The molecule has 2 heterocycles. The van der Waals surface area contributed by atoms with Crippen LogP contribution in [0.1, 0.15) is 29.7 Å². The third-order valence-electron chi connectivity index (χ3n) is 4.54. The molecule has 0 unspecified atom stereocenters. The first kappa shape index (κ1) is 15.4. The molecule has 0 spiro atoms. The Kier molecular flexibility index (Phi) is 3.98. The zero-order valence-electron chi connectivity index (χ0n) is 14.3. The molecule has 0 bridgehead atoms. The third kappa shape index (κ3) is 2.89. The van der Waals surface area contributed by atoms with Gasteiger partial charge in [-0.3, -0.25) is 0 Å². The minimum atomic E-state index is 0.0155. The van der Waals surface area contributed by atoms with Gasteiger partial charge < -0.3 is 10.1 Å². The molecule has 0 saturated carbocycles. The molecule has 1 aliphatic rings. The SMILES string of the molecule is CCc1ccc([C@@H]2C=C(c3ccc(OC)cc3)Nc3ncnn32)cc1. The Hall–Kier alpha value is -3.08. The van der Waals surface area contributed by atoms with Crippen LogP contribution in [0.5, 0.6) is 5.75 Å². The van der Waals surface area contributed by atoms with E-state index in [2.05, 4.69) is 52.7 Å². The number of anilines is 1. The molecule has 25 heavy (non-hydrogen) atoms. The first-order chi connectivity index (χ1) is 12.3. The van der Waals surface area contributed by atoms with Gasteiger partial charge in [-0.2, -0.15) is 10.1 Å². The second kappa shape index (κ2) is 6.43. The number of fused-ring (bicyclic) bond motifs is 1. The topological polar surface area (TPSA) is 52.0 Å². The van der Waals surface area contributed by atoms with Crippen LogP contribution in [-0.2, 0) is 6.42 Å². The predicted molar refractivity (Wildman–Crippen MR) is 98.6 cm³/mol. The lowest BCUT2D eigenvalue weighted by molar-refractivity contribution is 0.415. The van der Waals surface area contributed by atoms with Gasteiger partial charge in [0, 0.05) is 5.70 Å². The first-order valence-electron chi connectivity index (χ1n) is 8.40. The highest BCUT2D eigenvalue weighted by Crippen LogP contribution is 2.32. The second-order valence-electron chi connectivity index (χ2n) is 6.00. The molecule has 126 valence electrons. The van der Waals surface area contributed by atoms with Gasteiger partial charge in [0.2, 0.25) is 5.95 Å². The number of aryl methyl sites for hydroxylation is 1. The van der Waals surface area contributed by atoms with E-state index in [1.165, 1.54) is 11.1 Å². The average Bonchev–Trinajstić information content (AvgIpc) is 3.16. The van der Waals surface area contributed by atoms with Crippen molar-refractivity contribution in [3.05, 3.63) is 77.6 Å². The van der Waals surface area contributed by atoms with Crippen LogP contribution in [0.3, 0.4) is 0 Å². The lowest BCUT2D eigenvalue weighted by Gasteiger charge is -2.24. The van der Waals surface area contributed by atoms with E-state index < -0.39 is 0 Å². The smallest absolute Gasteiger partial charge is 0.226 e. The van der Waals surface area contributed by atoms with E-state index in [1.807, 2.05) is 28.9 Å². The molecule has 1 atom stereocenters. The molecule has 1 aromatic heterocycles. The van der Waals surface area contributed by atoms with E-state index in [9.17, 15) is 0 Å². The fourth-order valence-electron chi connectivity index (χ4n) is 3.06. The standard InChI is InChI=1S/C20H20N4O/c1-3-14-4-6-16(7-5-14)19-12-18(23-20-21-13-22-24(19)20)15-8-10-17(25-2)11-9-15/h4-13,19H,3H2,1-2H3,(H,21,22,23)/t19-/m0/s1. The normalized spacial score (nSPS) is 15.9. The van der Waals surface area contributed by atoms with E-state index in [4.69, 9.17) is 4.74 Å². The van der Waals surface area contributed by atoms with Crippen LogP contribution in [0.25, 0.3) is 5.70 Å². The van der Waals surface area contributed by atoms with Gasteiger partial charge in [-0.15, -0.1) is 0 Å². The number of nitrogens with zero attached hydrogens (tertiary/aromatic N) is 3. The van der Waals surface area contributed by atoms with Gasteiger partial charge >= 0.3 is 0 Å². The Balaban J connectivity index is 1.74. The summed E-state index contributed by atoms with van der Waals surface area (Å²) in [6.07, 6.45) is 4.80. The van der Waals surface area contributed by atoms with Crippen molar-refractivity contribution in [1.82, 2.24) is 14.8 Å². The van der Waals surface area contributed by atoms with Crippen LogP contribution in [0.4, 0.5) is 5.95 Å². The summed E-state index contributed by atoms with van der Waals surface area (Å²) >= 11 is 0. The van der Waals surface area contributed by atoms with E-state index in [-0.39, 0.29) is 6.04 Å². The van der Waals surface area contributed by atoms with Gasteiger partial charge in [0.15, 0.2) is 0 Å². The average molecular weight is 332 g/mol. The lowest BCUT2D eigenvalue weighted by Crippen LogP contribution is -2.20. The summed E-state index contributed by atoms with van der Waals surface area (Å²) in [5, 5.41) is 7.75. The molecular formula is C20H20N4O. The fraction of sp³-hybridized carbons (Fsp3) is 0.200. The van der Waals surface area contributed by atoms with Crippen molar-refractivity contribution in [2.45, 2.75) is 19.4 Å². The monoisotopic (exact) mass is 332 g/mol. The van der Waals surface area contributed by atoms with E-state index in [1.54, 1.807) is 13.4 Å². The maximum atomic E-state index is 5.25. The largest absolute Gasteiger partial charge is 0.497 e. The number of aromatic nitrogens is 3. The Labute approximate surface area is 147 Å². The number of benzene rings is 2. The summed E-state index contributed by atoms with van der Waals surface area (Å²) < 4.78 is 7.16. The summed E-state index contributed by atoms with van der Waals surface area (Å²) in [5.74, 6) is 1.59. The van der Waals surface area contributed by atoms with E-state index in [0.717, 1.165) is 29.4 Å². The van der Waals surface area contributed by atoms with Crippen LogP contribution in [0.2, 0.25) is 0 Å². The quantitative estimate of drug-likeness (QED) is 0.787. The highest BCUT2D eigenvalue weighted by atomic mass is 16.5. The summed E-state index contributed by atoms with van der Waals surface area (Å²) in [4.78, 5) is 4.35. The lowest BCUT2D eigenvalue weighted by atomic mass is 10.00. The molecule has 0 aliphatic carbocycles. The van der Waals surface area contributed by atoms with Crippen molar-refractivity contribution >= 4 is 11.6 Å².